The Bertz CT molecular complexity index is 444. The lowest BCUT2D eigenvalue weighted by Crippen LogP contribution is -2.33. The van der Waals surface area contributed by atoms with Crippen LogP contribution < -0.4 is 11.3 Å². The molecule has 20 heavy (non-hydrogen) atoms. The molecule has 4 nitrogen and oxygen atoms in total. The van der Waals surface area contributed by atoms with Crippen LogP contribution in [-0.2, 0) is 11.3 Å². The normalized spacial score (nSPS) is 20.9. The highest BCUT2D eigenvalue weighted by atomic mass is 16.2. The van der Waals surface area contributed by atoms with E-state index in [1.54, 1.807) is 0 Å². The number of carbonyl (C=O) groups excluding carboxylic acids is 1. The van der Waals surface area contributed by atoms with Crippen molar-refractivity contribution < 1.29 is 4.79 Å². The highest BCUT2D eigenvalue weighted by molar-refractivity contribution is 5.82. The van der Waals surface area contributed by atoms with E-state index in [-0.39, 0.29) is 11.8 Å². The molecular formula is C16H25N3O. The quantitative estimate of drug-likeness (QED) is 0.492. The van der Waals surface area contributed by atoms with Crippen molar-refractivity contribution in [1.82, 2.24) is 10.3 Å². The summed E-state index contributed by atoms with van der Waals surface area (Å²) in [6.07, 6.45) is 3.86. The molecule has 1 aromatic carbocycles. The maximum atomic E-state index is 11.5. The molecule has 2 rings (SSSR count). The SMILES string of the molecule is CCC1CCCN1Cc1ccc(C(C)C(=O)NN)cc1. The van der Waals surface area contributed by atoms with Crippen LogP contribution in [0.3, 0.4) is 0 Å². The topological polar surface area (TPSA) is 58.4 Å². The number of nitrogens with two attached hydrogens (primary N) is 1. The van der Waals surface area contributed by atoms with Gasteiger partial charge in [0.15, 0.2) is 0 Å². The Kier molecular flexibility index (Phi) is 5.15. The second-order valence-corrected chi connectivity index (χ2v) is 5.65. The number of amides is 1. The number of hydrazine groups is 1. The van der Waals surface area contributed by atoms with Crippen LogP contribution in [0.15, 0.2) is 24.3 Å². The van der Waals surface area contributed by atoms with Gasteiger partial charge in [-0.05, 0) is 43.9 Å². The van der Waals surface area contributed by atoms with Gasteiger partial charge in [-0.15, -0.1) is 0 Å². The molecule has 1 aliphatic heterocycles. The summed E-state index contributed by atoms with van der Waals surface area (Å²) >= 11 is 0. The van der Waals surface area contributed by atoms with Crippen molar-refractivity contribution in [2.45, 2.75) is 51.6 Å². The van der Waals surface area contributed by atoms with Crippen LogP contribution in [0.5, 0.6) is 0 Å². The first-order chi connectivity index (χ1) is 9.65. The Morgan fingerprint density at radius 1 is 1.45 bits per heavy atom. The molecule has 0 aromatic heterocycles. The van der Waals surface area contributed by atoms with Gasteiger partial charge in [0.1, 0.15) is 0 Å². The lowest BCUT2D eigenvalue weighted by molar-refractivity contribution is -0.122. The number of carbonyl (C=O) groups is 1. The molecule has 2 unspecified atom stereocenters. The number of nitrogens with zero attached hydrogens (tertiary/aromatic N) is 1. The number of likely N-dealkylation sites (tertiary alicyclic amines) is 1. The number of benzene rings is 1. The van der Waals surface area contributed by atoms with Gasteiger partial charge in [0.05, 0.1) is 5.92 Å². The van der Waals surface area contributed by atoms with E-state index in [9.17, 15) is 4.79 Å². The summed E-state index contributed by atoms with van der Waals surface area (Å²) in [4.78, 5) is 14.1. The summed E-state index contributed by atoms with van der Waals surface area (Å²) in [6.45, 7) is 6.34. The molecule has 0 saturated carbocycles. The Labute approximate surface area is 121 Å². The Morgan fingerprint density at radius 2 is 2.15 bits per heavy atom. The summed E-state index contributed by atoms with van der Waals surface area (Å²) in [5, 5.41) is 0. The molecule has 0 aliphatic carbocycles. The summed E-state index contributed by atoms with van der Waals surface area (Å²) < 4.78 is 0. The van der Waals surface area contributed by atoms with Crippen molar-refractivity contribution in [3.63, 3.8) is 0 Å². The largest absolute Gasteiger partial charge is 0.296 e. The van der Waals surface area contributed by atoms with Crippen LogP contribution in [0.1, 0.15) is 50.2 Å². The highest BCUT2D eigenvalue weighted by Crippen LogP contribution is 2.23. The zero-order chi connectivity index (χ0) is 14.5. The molecule has 1 heterocycles. The molecule has 0 radical (unpaired) electrons. The third kappa shape index (κ3) is 3.38. The lowest BCUT2D eigenvalue weighted by Gasteiger charge is -2.23. The second kappa shape index (κ2) is 6.86. The lowest BCUT2D eigenvalue weighted by atomic mass is 9.99. The Hall–Kier alpha value is -1.39. The third-order valence-electron chi connectivity index (χ3n) is 4.37. The van der Waals surface area contributed by atoms with Gasteiger partial charge in [-0.25, -0.2) is 5.84 Å². The van der Waals surface area contributed by atoms with Crippen molar-refractivity contribution in [3.05, 3.63) is 35.4 Å². The zero-order valence-electron chi connectivity index (χ0n) is 12.4. The van der Waals surface area contributed by atoms with E-state index in [1.807, 2.05) is 19.1 Å². The van der Waals surface area contributed by atoms with Crippen LogP contribution in [0.2, 0.25) is 0 Å². The molecule has 2 atom stereocenters. The van der Waals surface area contributed by atoms with E-state index in [4.69, 9.17) is 5.84 Å². The molecule has 1 saturated heterocycles. The molecule has 1 amide bonds. The fraction of sp³-hybridized carbons (Fsp3) is 0.562. The smallest absolute Gasteiger partial charge is 0.241 e. The number of hydrogen-bond donors (Lipinski definition) is 2. The molecule has 1 aromatic rings. The summed E-state index contributed by atoms with van der Waals surface area (Å²) in [6, 6.07) is 9.05. The molecule has 3 N–H and O–H groups in total. The minimum absolute atomic E-state index is 0.150. The first-order valence-corrected chi connectivity index (χ1v) is 7.49. The van der Waals surface area contributed by atoms with Crippen LogP contribution >= 0.6 is 0 Å². The molecule has 0 bridgehead atoms. The minimum Gasteiger partial charge on any atom is -0.296 e. The predicted octanol–water partition coefficient (Wildman–Crippen LogP) is 2.15. The third-order valence-corrected chi connectivity index (χ3v) is 4.37. The van der Waals surface area contributed by atoms with E-state index in [1.165, 1.54) is 31.4 Å². The fourth-order valence-corrected chi connectivity index (χ4v) is 2.99. The van der Waals surface area contributed by atoms with E-state index >= 15 is 0 Å². The molecule has 4 heteroatoms. The van der Waals surface area contributed by atoms with E-state index in [2.05, 4.69) is 29.4 Å². The van der Waals surface area contributed by atoms with Crippen LogP contribution in [0, 0.1) is 0 Å². The zero-order valence-corrected chi connectivity index (χ0v) is 12.4. The van der Waals surface area contributed by atoms with Gasteiger partial charge < -0.3 is 0 Å². The monoisotopic (exact) mass is 275 g/mol. The first-order valence-electron chi connectivity index (χ1n) is 7.49. The van der Waals surface area contributed by atoms with Crippen LogP contribution in [0.25, 0.3) is 0 Å². The van der Waals surface area contributed by atoms with Crippen molar-refractivity contribution in [3.8, 4) is 0 Å². The van der Waals surface area contributed by atoms with Gasteiger partial charge in [0.25, 0.3) is 0 Å². The standard InChI is InChI=1S/C16H25N3O/c1-3-15-5-4-10-19(15)11-13-6-8-14(9-7-13)12(2)16(20)18-17/h6-9,12,15H,3-5,10-11,17H2,1-2H3,(H,18,20). The predicted molar refractivity (Wildman–Crippen MR) is 80.9 cm³/mol. The average molecular weight is 275 g/mol. The van der Waals surface area contributed by atoms with Crippen molar-refractivity contribution in [2.24, 2.45) is 5.84 Å². The van der Waals surface area contributed by atoms with Gasteiger partial charge >= 0.3 is 0 Å². The first kappa shape index (κ1) is 15.0. The molecule has 0 spiro atoms. The van der Waals surface area contributed by atoms with Gasteiger partial charge in [-0.2, -0.15) is 0 Å². The maximum Gasteiger partial charge on any atom is 0.241 e. The Balaban J connectivity index is 1.99. The Morgan fingerprint density at radius 3 is 2.75 bits per heavy atom. The average Bonchev–Trinajstić information content (AvgIpc) is 2.93. The van der Waals surface area contributed by atoms with Crippen LogP contribution in [-0.4, -0.2) is 23.4 Å². The summed E-state index contributed by atoms with van der Waals surface area (Å²) in [7, 11) is 0. The van der Waals surface area contributed by atoms with Crippen molar-refractivity contribution in [1.29, 1.82) is 0 Å². The maximum absolute atomic E-state index is 11.5. The summed E-state index contributed by atoms with van der Waals surface area (Å²) in [5.41, 5.74) is 4.52. The van der Waals surface area contributed by atoms with Gasteiger partial charge in [0.2, 0.25) is 5.91 Å². The molecular weight excluding hydrogens is 250 g/mol. The van der Waals surface area contributed by atoms with E-state index < -0.39 is 0 Å². The van der Waals surface area contributed by atoms with Gasteiger partial charge in [0, 0.05) is 12.6 Å². The van der Waals surface area contributed by atoms with E-state index in [0.29, 0.717) is 0 Å². The number of hydrogen-bond acceptors (Lipinski definition) is 3. The minimum atomic E-state index is -0.204. The van der Waals surface area contributed by atoms with Crippen molar-refractivity contribution in [2.75, 3.05) is 6.54 Å². The van der Waals surface area contributed by atoms with Gasteiger partial charge in [-0.1, -0.05) is 31.2 Å². The molecule has 1 aliphatic rings. The molecule has 1 fully saturated rings. The van der Waals surface area contributed by atoms with E-state index in [0.717, 1.165) is 18.2 Å². The van der Waals surface area contributed by atoms with Gasteiger partial charge in [-0.3, -0.25) is 15.1 Å². The summed E-state index contributed by atoms with van der Waals surface area (Å²) in [5.74, 6) is 4.82. The highest BCUT2D eigenvalue weighted by Gasteiger charge is 2.22. The number of nitrogens with one attached hydrogen (secondary N) is 1. The van der Waals surface area contributed by atoms with Crippen molar-refractivity contribution >= 4 is 5.91 Å². The molecule has 110 valence electrons. The number of rotatable bonds is 5. The second-order valence-electron chi connectivity index (χ2n) is 5.65. The van der Waals surface area contributed by atoms with Crippen LogP contribution in [0.4, 0.5) is 0 Å². The fourth-order valence-electron chi connectivity index (χ4n) is 2.99.